The van der Waals surface area contributed by atoms with Crippen molar-refractivity contribution in [1.29, 1.82) is 0 Å². The number of pyridine rings is 1. The number of fused-ring (bicyclic) bond motifs is 1. The summed E-state index contributed by atoms with van der Waals surface area (Å²) in [4.78, 5) is 26.5. The molecule has 0 amide bonds. The third-order valence-electron chi connectivity index (χ3n) is 6.58. The molecule has 0 saturated carbocycles. The number of carbonyl (C=O) groups is 1. The molecule has 6 nitrogen and oxygen atoms in total. The standard InChI is InChI=1S/C24H24F3N3O3/c1-12-21-19(9-20(22(12)27)29-7-6-14(10-29)13(2)28-3)30(11-16(23(21)31)24(32)33)18-5-4-15(25)8-17(18)26/h4-5,8-9,11,13-14,28H,6-7,10H2,1-3H3,(H,32,33)/t13-,14+/m0/s1. The van der Waals surface area contributed by atoms with E-state index in [0.717, 1.165) is 24.8 Å². The zero-order chi connectivity index (χ0) is 24.0. The number of carboxylic acid groups (broad SMARTS) is 1. The van der Waals surface area contributed by atoms with Gasteiger partial charge in [-0.3, -0.25) is 4.79 Å². The minimum Gasteiger partial charge on any atom is -0.477 e. The SMILES string of the molecule is CN[C@@H](C)[C@@H]1CCN(c2cc3c(c(C)c2F)c(=O)c(C(=O)O)cn3-c2ccc(F)cc2F)C1. The molecule has 9 heteroatoms. The van der Waals surface area contributed by atoms with Crippen LogP contribution in [0.2, 0.25) is 0 Å². The van der Waals surface area contributed by atoms with E-state index in [-0.39, 0.29) is 39.8 Å². The van der Waals surface area contributed by atoms with Crippen molar-refractivity contribution in [3.63, 3.8) is 0 Å². The molecular formula is C24H24F3N3O3. The highest BCUT2D eigenvalue weighted by Gasteiger charge is 2.30. The van der Waals surface area contributed by atoms with Crippen molar-refractivity contribution in [2.24, 2.45) is 5.92 Å². The molecular weight excluding hydrogens is 435 g/mol. The first-order valence-corrected chi connectivity index (χ1v) is 10.6. The first kappa shape index (κ1) is 22.8. The van der Waals surface area contributed by atoms with E-state index >= 15 is 4.39 Å². The van der Waals surface area contributed by atoms with Crippen LogP contribution >= 0.6 is 0 Å². The lowest BCUT2D eigenvalue weighted by Crippen LogP contribution is -2.33. The molecule has 3 aromatic rings. The van der Waals surface area contributed by atoms with Crippen molar-refractivity contribution < 1.29 is 23.1 Å². The quantitative estimate of drug-likeness (QED) is 0.606. The molecule has 2 heterocycles. The molecule has 0 spiro atoms. The van der Waals surface area contributed by atoms with E-state index in [1.807, 2.05) is 11.9 Å². The smallest absolute Gasteiger partial charge is 0.341 e. The van der Waals surface area contributed by atoms with E-state index < -0.39 is 34.4 Å². The Morgan fingerprint density at radius 2 is 1.94 bits per heavy atom. The van der Waals surface area contributed by atoms with Crippen LogP contribution in [0.3, 0.4) is 0 Å². The Morgan fingerprint density at radius 3 is 2.58 bits per heavy atom. The molecule has 174 valence electrons. The number of hydrogen-bond acceptors (Lipinski definition) is 4. The Kier molecular flexibility index (Phi) is 5.92. The summed E-state index contributed by atoms with van der Waals surface area (Å²) in [5.74, 6) is -3.60. The van der Waals surface area contributed by atoms with Gasteiger partial charge in [0, 0.05) is 37.0 Å². The van der Waals surface area contributed by atoms with Gasteiger partial charge >= 0.3 is 5.97 Å². The fourth-order valence-electron chi connectivity index (χ4n) is 4.54. The molecule has 1 aromatic heterocycles. The molecule has 1 aliphatic rings. The molecule has 2 N–H and O–H groups in total. The zero-order valence-electron chi connectivity index (χ0n) is 18.5. The van der Waals surface area contributed by atoms with E-state index in [1.165, 1.54) is 17.6 Å². The van der Waals surface area contributed by atoms with E-state index in [2.05, 4.69) is 12.2 Å². The summed E-state index contributed by atoms with van der Waals surface area (Å²) in [5.41, 5.74) is -1.26. The molecule has 2 atom stereocenters. The summed E-state index contributed by atoms with van der Waals surface area (Å²) in [7, 11) is 1.87. The number of carboxylic acids is 1. The van der Waals surface area contributed by atoms with Gasteiger partial charge in [0.05, 0.1) is 22.3 Å². The lowest BCUT2D eigenvalue weighted by molar-refractivity contribution is 0.0695. The number of benzene rings is 2. The number of aromatic nitrogens is 1. The Bertz CT molecular complexity index is 1320. The van der Waals surface area contributed by atoms with Crippen LogP contribution in [0.5, 0.6) is 0 Å². The van der Waals surface area contributed by atoms with Gasteiger partial charge in [0.1, 0.15) is 23.0 Å². The van der Waals surface area contributed by atoms with Gasteiger partial charge in [-0.1, -0.05) is 0 Å². The Labute approximate surface area is 188 Å². The molecule has 0 unspecified atom stereocenters. The van der Waals surface area contributed by atoms with Crippen molar-refractivity contribution in [2.75, 3.05) is 25.0 Å². The number of anilines is 1. The zero-order valence-corrected chi connectivity index (χ0v) is 18.5. The summed E-state index contributed by atoms with van der Waals surface area (Å²) in [6, 6.07) is 4.52. The lowest BCUT2D eigenvalue weighted by Gasteiger charge is -2.24. The lowest BCUT2D eigenvalue weighted by atomic mass is 10.0. The first-order valence-electron chi connectivity index (χ1n) is 10.6. The van der Waals surface area contributed by atoms with E-state index in [4.69, 9.17) is 0 Å². The first-order chi connectivity index (χ1) is 15.6. The molecule has 2 aromatic carbocycles. The van der Waals surface area contributed by atoms with Crippen molar-refractivity contribution >= 4 is 22.6 Å². The average molecular weight is 459 g/mol. The number of nitrogens with one attached hydrogen (secondary N) is 1. The highest BCUT2D eigenvalue weighted by molar-refractivity contribution is 5.95. The molecule has 0 radical (unpaired) electrons. The Hall–Kier alpha value is -3.33. The fourth-order valence-corrected chi connectivity index (χ4v) is 4.54. The van der Waals surface area contributed by atoms with Crippen LogP contribution in [-0.4, -0.2) is 41.8 Å². The molecule has 0 bridgehead atoms. The Morgan fingerprint density at radius 1 is 1.21 bits per heavy atom. The fraction of sp³-hybridized carbons (Fsp3) is 0.333. The molecule has 1 aliphatic heterocycles. The number of aryl methyl sites for hydroxylation is 1. The van der Waals surface area contributed by atoms with E-state index in [1.54, 1.807) is 0 Å². The van der Waals surface area contributed by atoms with Crippen LogP contribution in [0.4, 0.5) is 18.9 Å². The second-order valence-electron chi connectivity index (χ2n) is 8.44. The van der Waals surface area contributed by atoms with Crippen LogP contribution in [0, 0.1) is 30.3 Å². The number of hydrogen-bond donors (Lipinski definition) is 2. The van der Waals surface area contributed by atoms with Gasteiger partial charge in [0.2, 0.25) is 5.43 Å². The third kappa shape index (κ3) is 3.86. The van der Waals surface area contributed by atoms with E-state index in [0.29, 0.717) is 19.2 Å². The van der Waals surface area contributed by atoms with Crippen LogP contribution < -0.4 is 15.6 Å². The van der Waals surface area contributed by atoms with Crippen LogP contribution in [0.1, 0.15) is 29.3 Å². The average Bonchev–Trinajstić information content (AvgIpc) is 3.26. The maximum atomic E-state index is 15.5. The summed E-state index contributed by atoms with van der Waals surface area (Å²) >= 11 is 0. The Balaban J connectivity index is 2.00. The monoisotopic (exact) mass is 459 g/mol. The minimum atomic E-state index is -1.52. The molecule has 1 saturated heterocycles. The topological polar surface area (TPSA) is 74.6 Å². The summed E-state index contributed by atoms with van der Waals surface area (Å²) in [6.07, 6.45) is 1.84. The van der Waals surface area contributed by atoms with Gasteiger partial charge in [0.15, 0.2) is 0 Å². The number of rotatable bonds is 5. The van der Waals surface area contributed by atoms with Crippen molar-refractivity contribution in [2.45, 2.75) is 26.3 Å². The van der Waals surface area contributed by atoms with Crippen molar-refractivity contribution in [3.05, 3.63) is 69.3 Å². The van der Waals surface area contributed by atoms with Crippen molar-refractivity contribution in [1.82, 2.24) is 9.88 Å². The van der Waals surface area contributed by atoms with Crippen LogP contribution in [0.25, 0.3) is 16.6 Å². The second kappa shape index (κ2) is 8.55. The van der Waals surface area contributed by atoms with Gasteiger partial charge in [0.25, 0.3) is 0 Å². The van der Waals surface area contributed by atoms with Crippen LogP contribution in [-0.2, 0) is 0 Å². The predicted octanol–water partition coefficient (Wildman–Crippen LogP) is 3.85. The summed E-state index contributed by atoms with van der Waals surface area (Å²) < 4.78 is 44.9. The predicted molar refractivity (Wildman–Crippen MR) is 120 cm³/mol. The maximum absolute atomic E-state index is 15.5. The number of aromatic carboxylic acids is 1. The molecule has 33 heavy (non-hydrogen) atoms. The van der Waals surface area contributed by atoms with E-state index in [9.17, 15) is 23.5 Å². The largest absolute Gasteiger partial charge is 0.477 e. The van der Waals surface area contributed by atoms with Gasteiger partial charge in [-0.25, -0.2) is 18.0 Å². The van der Waals surface area contributed by atoms with Gasteiger partial charge in [-0.05, 0) is 51.4 Å². The number of halogens is 3. The highest BCUT2D eigenvalue weighted by Crippen LogP contribution is 2.34. The second-order valence-corrected chi connectivity index (χ2v) is 8.44. The molecule has 0 aliphatic carbocycles. The maximum Gasteiger partial charge on any atom is 0.341 e. The number of nitrogens with zero attached hydrogens (tertiary/aromatic N) is 2. The molecule has 4 rings (SSSR count). The van der Waals surface area contributed by atoms with Gasteiger partial charge < -0.3 is 19.9 Å². The van der Waals surface area contributed by atoms with Gasteiger partial charge in [-0.15, -0.1) is 0 Å². The third-order valence-corrected chi connectivity index (χ3v) is 6.58. The van der Waals surface area contributed by atoms with Gasteiger partial charge in [-0.2, -0.15) is 0 Å². The van der Waals surface area contributed by atoms with Crippen molar-refractivity contribution in [3.8, 4) is 5.69 Å². The minimum absolute atomic E-state index is 0.0167. The molecule has 1 fully saturated rings. The van der Waals surface area contributed by atoms with Crippen LogP contribution in [0.15, 0.2) is 35.3 Å². The summed E-state index contributed by atoms with van der Waals surface area (Å²) in [6.45, 7) is 4.65. The highest BCUT2D eigenvalue weighted by atomic mass is 19.1. The normalized spacial score (nSPS) is 17.0. The summed E-state index contributed by atoms with van der Waals surface area (Å²) in [5, 5.41) is 12.6.